The van der Waals surface area contributed by atoms with Gasteiger partial charge in [-0.05, 0) is 30.7 Å². The first-order chi connectivity index (χ1) is 13.7. The topological polar surface area (TPSA) is 86.9 Å². The molecule has 142 valence electrons. The van der Waals surface area contributed by atoms with Crippen molar-refractivity contribution in [2.24, 2.45) is 0 Å². The molecule has 0 aliphatic carbocycles. The quantitative estimate of drug-likeness (QED) is 0.559. The lowest BCUT2D eigenvalue weighted by molar-refractivity contribution is -0.116. The van der Waals surface area contributed by atoms with Gasteiger partial charge in [0.05, 0.1) is 31.6 Å². The van der Waals surface area contributed by atoms with Gasteiger partial charge in [0, 0.05) is 10.9 Å². The lowest BCUT2D eigenvalue weighted by Gasteiger charge is -2.09. The molecule has 0 saturated heterocycles. The maximum absolute atomic E-state index is 12.3. The molecule has 28 heavy (non-hydrogen) atoms. The zero-order valence-electron chi connectivity index (χ0n) is 15.7. The SMILES string of the molecule is CCn1ncc(NC(=O)Cn2ncc3cc(-c4ccccc4OC)ccc32)n1. The van der Waals surface area contributed by atoms with E-state index in [2.05, 4.69) is 20.6 Å². The van der Waals surface area contributed by atoms with Crippen LogP contribution in [0.1, 0.15) is 6.92 Å². The number of carbonyl (C=O) groups is 1. The molecule has 0 aliphatic rings. The number of methoxy groups -OCH3 is 1. The molecule has 8 nitrogen and oxygen atoms in total. The number of para-hydroxylation sites is 1. The van der Waals surface area contributed by atoms with Gasteiger partial charge in [-0.1, -0.05) is 24.3 Å². The second-order valence-electron chi connectivity index (χ2n) is 6.24. The van der Waals surface area contributed by atoms with Gasteiger partial charge in [-0.25, -0.2) is 0 Å². The summed E-state index contributed by atoms with van der Waals surface area (Å²) in [7, 11) is 1.66. The molecule has 8 heteroatoms. The van der Waals surface area contributed by atoms with E-state index in [1.54, 1.807) is 18.0 Å². The van der Waals surface area contributed by atoms with Crippen LogP contribution < -0.4 is 10.1 Å². The predicted molar refractivity (Wildman–Crippen MR) is 106 cm³/mol. The van der Waals surface area contributed by atoms with Crippen LogP contribution in [0.2, 0.25) is 0 Å². The Bertz CT molecular complexity index is 1130. The number of amides is 1. The number of hydrogen-bond donors (Lipinski definition) is 1. The van der Waals surface area contributed by atoms with Crippen molar-refractivity contribution in [3.05, 3.63) is 54.9 Å². The smallest absolute Gasteiger partial charge is 0.247 e. The summed E-state index contributed by atoms with van der Waals surface area (Å²) in [6.07, 6.45) is 3.29. The maximum Gasteiger partial charge on any atom is 0.247 e. The summed E-state index contributed by atoms with van der Waals surface area (Å²) in [4.78, 5) is 13.8. The number of aromatic nitrogens is 5. The average Bonchev–Trinajstić information content (AvgIpc) is 3.34. The van der Waals surface area contributed by atoms with Crippen molar-refractivity contribution in [2.75, 3.05) is 12.4 Å². The molecule has 4 aromatic rings. The molecule has 4 rings (SSSR count). The van der Waals surface area contributed by atoms with Crippen LogP contribution >= 0.6 is 0 Å². The van der Waals surface area contributed by atoms with E-state index in [1.165, 1.54) is 11.0 Å². The van der Waals surface area contributed by atoms with Crippen LogP contribution in [0.3, 0.4) is 0 Å². The fraction of sp³-hybridized carbons (Fsp3) is 0.200. The maximum atomic E-state index is 12.3. The molecule has 0 spiro atoms. The largest absolute Gasteiger partial charge is 0.496 e. The fourth-order valence-corrected chi connectivity index (χ4v) is 3.09. The number of hydrogen-bond acceptors (Lipinski definition) is 5. The molecule has 0 aliphatic heterocycles. The zero-order valence-corrected chi connectivity index (χ0v) is 15.7. The second kappa shape index (κ2) is 7.51. The minimum absolute atomic E-state index is 0.0937. The molecule has 0 atom stereocenters. The zero-order chi connectivity index (χ0) is 19.5. The Hall–Kier alpha value is -3.68. The van der Waals surface area contributed by atoms with E-state index in [1.807, 2.05) is 49.4 Å². The van der Waals surface area contributed by atoms with Gasteiger partial charge in [0.15, 0.2) is 5.82 Å². The number of nitrogens with zero attached hydrogens (tertiary/aromatic N) is 5. The number of anilines is 1. The highest BCUT2D eigenvalue weighted by Crippen LogP contribution is 2.31. The second-order valence-corrected chi connectivity index (χ2v) is 6.24. The Morgan fingerprint density at radius 1 is 1.14 bits per heavy atom. The monoisotopic (exact) mass is 376 g/mol. The molecule has 2 heterocycles. The number of benzene rings is 2. The van der Waals surface area contributed by atoms with Crippen LogP contribution in [-0.2, 0) is 17.9 Å². The third-order valence-electron chi connectivity index (χ3n) is 4.44. The number of rotatable bonds is 6. The van der Waals surface area contributed by atoms with Crippen molar-refractivity contribution in [3.8, 4) is 16.9 Å². The van der Waals surface area contributed by atoms with Crippen LogP contribution in [-0.4, -0.2) is 37.8 Å². The summed E-state index contributed by atoms with van der Waals surface area (Å²) < 4.78 is 7.12. The predicted octanol–water partition coefficient (Wildman–Crippen LogP) is 2.96. The first-order valence-corrected chi connectivity index (χ1v) is 8.97. The standard InChI is InChI=1S/C20H20N6O2/c1-3-26-22-12-19(24-26)23-20(27)13-25-17-9-8-14(10-15(17)11-21-25)16-6-4-5-7-18(16)28-2/h4-12H,3,13H2,1-2H3,(H,23,24,27). The van der Waals surface area contributed by atoms with Crippen molar-refractivity contribution in [2.45, 2.75) is 20.0 Å². The van der Waals surface area contributed by atoms with E-state index in [0.29, 0.717) is 12.4 Å². The summed E-state index contributed by atoms with van der Waals surface area (Å²) in [6.45, 7) is 2.67. The molecule has 2 aromatic carbocycles. The Labute approximate surface area is 161 Å². The normalized spacial score (nSPS) is 10.9. The number of ether oxygens (including phenoxy) is 1. The van der Waals surface area contributed by atoms with Crippen LogP contribution in [0.15, 0.2) is 54.9 Å². The Morgan fingerprint density at radius 3 is 2.79 bits per heavy atom. The molecule has 0 bridgehead atoms. The Kier molecular flexibility index (Phi) is 4.76. The third kappa shape index (κ3) is 3.44. The van der Waals surface area contributed by atoms with E-state index in [9.17, 15) is 4.79 Å². The van der Waals surface area contributed by atoms with Crippen LogP contribution in [0.25, 0.3) is 22.0 Å². The minimum atomic E-state index is -0.207. The van der Waals surface area contributed by atoms with Crippen molar-refractivity contribution in [1.29, 1.82) is 0 Å². The van der Waals surface area contributed by atoms with Crippen LogP contribution in [0.4, 0.5) is 5.82 Å². The van der Waals surface area contributed by atoms with E-state index in [0.717, 1.165) is 27.8 Å². The highest BCUT2D eigenvalue weighted by Gasteiger charge is 2.12. The fourth-order valence-electron chi connectivity index (χ4n) is 3.09. The van der Waals surface area contributed by atoms with Crippen molar-refractivity contribution < 1.29 is 9.53 Å². The van der Waals surface area contributed by atoms with Crippen molar-refractivity contribution in [1.82, 2.24) is 24.8 Å². The summed E-state index contributed by atoms with van der Waals surface area (Å²) in [5, 5.41) is 16.3. The van der Waals surface area contributed by atoms with Gasteiger partial charge in [-0.3, -0.25) is 9.48 Å². The highest BCUT2D eigenvalue weighted by atomic mass is 16.5. The van der Waals surface area contributed by atoms with Crippen LogP contribution in [0, 0.1) is 0 Å². The van der Waals surface area contributed by atoms with Gasteiger partial charge in [0.2, 0.25) is 5.91 Å². The van der Waals surface area contributed by atoms with E-state index in [-0.39, 0.29) is 12.5 Å². The van der Waals surface area contributed by atoms with Gasteiger partial charge < -0.3 is 10.1 Å². The van der Waals surface area contributed by atoms with Gasteiger partial charge in [0.1, 0.15) is 12.3 Å². The van der Waals surface area contributed by atoms with Crippen molar-refractivity contribution in [3.63, 3.8) is 0 Å². The number of fused-ring (bicyclic) bond motifs is 1. The van der Waals surface area contributed by atoms with E-state index < -0.39 is 0 Å². The summed E-state index contributed by atoms with van der Waals surface area (Å²) in [6, 6.07) is 13.9. The molecule has 1 amide bonds. The van der Waals surface area contributed by atoms with E-state index in [4.69, 9.17) is 4.74 Å². The van der Waals surface area contributed by atoms with Gasteiger partial charge in [0.25, 0.3) is 0 Å². The first kappa shape index (κ1) is 17.7. The summed E-state index contributed by atoms with van der Waals surface area (Å²) in [5.74, 6) is 1.04. The summed E-state index contributed by atoms with van der Waals surface area (Å²) in [5.41, 5.74) is 2.92. The molecule has 2 aromatic heterocycles. The van der Waals surface area contributed by atoms with Crippen molar-refractivity contribution >= 4 is 22.6 Å². The lowest BCUT2D eigenvalue weighted by atomic mass is 10.0. The lowest BCUT2D eigenvalue weighted by Crippen LogP contribution is -2.19. The van der Waals surface area contributed by atoms with Gasteiger partial charge >= 0.3 is 0 Å². The average molecular weight is 376 g/mol. The Morgan fingerprint density at radius 2 is 2.00 bits per heavy atom. The molecule has 1 N–H and O–H groups in total. The van der Waals surface area contributed by atoms with Gasteiger partial charge in [-0.15, -0.1) is 5.10 Å². The molecule has 0 unspecified atom stereocenters. The molecule has 0 radical (unpaired) electrons. The molecule has 0 fully saturated rings. The Balaban J connectivity index is 1.55. The van der Waals surface area contributed by atoms with E-state index >= 15 is 0 Å². The third-order valence-corrected chi connectivity index (χ3v) is 4.44. The number of carbonyl (C=O) groups excluding carboxylic acids is 1. The molecular weight excluding hydrogens is 356 g/mol. The first-order valence-electron chi connectivity index (χ1n) is 8.97. The molecule has 0 saturated carbocycles. The number of nitrogens with one attached hydrogen (secondary N) is 1. The molecular formula is C20H20N6O2. The summed E-state index contributed by atoms with van der Waals surface area (Å²) >= 11 is 0. The minimum Gasteiger partial charge on any atom is -0.496 e. The highest BCUT2D eigenvalue weighted by molar-refractivity contribution is 5.91. The number of aryl methyl sites for hydroxylation is 1. The van der Waals surface area contributed by atoms with Gasteiger partial charge in [-0.2, -0.15) is 15.0 Å². The van der Waals surface area contributed by atoms with Crippen LogP contribution in [0.5, 0.6) is 5.75 Å².